The second-order valence-corrected chi connectivity index (χ2v) is 9.10. The van der Waals surface area contributed by atoms with E-state index in [4.69, 9.17) is 0 Å². The van der Waals surface area contributed by atoms with Crippen molar-refractivity contribution in [1.29, 1.82) is 0 Å². The molecule has 2 bridgehead atoms. The molecule has 0 saturated carbocycles. The SMILES string of the molecule is CS(=O)(=O)N1C2CCC1CC(NC(=O)Cn1ccc3ccccc31)C2. The van der Waals surface area contributed by atoms with Crippen LogP contribution in [0.15, 0.2) is 36.5 Å². The Labute approximate surface area is 147 Å². The summed E-state index contributed by atoms with van der Waals surface area (Å²) in [5, 5.41) is 4.23. The largest absolute Gasteiger partial charge is 0.352 e. The summed E-state index contributed by atoms with van der Waals surface area (Å²) in [6, 6.07) is 10.1. The number of piperidine rings is 1. The fourth-order valence-corrected chi connectivity index (χ4v) is 5.97. The van der Waals surface area contributed by atoms with Crippen molar-refractivity contribution >= 4 is 26.8 Å². The normalized spacial score (nSPS) is 26.8. The van der Waals surface area contributed by atoms with Crippen molar-refractivity contribution in [3.63, 3.8) is 0 Å². The molecule has 2 aliphatic rings. The number of hydrogen-bond acceptors (Lipinski definition) is 3. The van der Waals surface area contributed by atoms with Gasteiger partial charge < -0.3 is 9.88 Å². The predicted molar refractivity (Wildman–Crippen MR) is 96.6 cm³/mol. The summed E-state index contributed by atoms with van der Waals surface area (Å²) >= 11 is 0. The first kappa shape index (κ1) is 16.6. The Morgan fingerprint density at radius 1 is 1.16 bits per heavy atom. The number of sulfonamides is 1. The van der Waals surface area contributed by atoms with Crippen molar-refractivity contribution in [1.82, 2.24) is 14.2 Å². The molecule has 6 nitrogen and oxygen atoms in total. The molecule has 2 fully saturated rings. The van der Waals surface area contributed by atoms with Crippen LogP contribution in [0.3, 0.4) is 0 Å². The van der Waals surface area contributed by atoms with E-state index >= 15 is 0 Å². The molecule has 2 unspecified atom stereocenters. The zero-order valence-electron chi connectivity index (χ0n) is 14.3. The number of para-hydroxylation sites is 1. The van der Waals surface area contributed by atoms with Gasteiger partial charge in [0.2, 0.25) is 15.9 Å². The summed E-state index contributed by atoms with van der Waals surface area (Å²) in [5.74, 6) is -0.0152. The molecule has 25 heavy (non-hydrogen) atoms. The first-order valence-corrected chi connectivity index (χ1v) is 10.6. The maximum Gasteiger partial charge on any atom is 0.240 e. The Bertz CT molecular complexity index is 891. The molecule has 0 spiro atoms. The number of benzene rings is 1. The Morgan fingerprint density at radius 3 is 2.52 bits per heavy atom. The van der Waals surface area contributed by atoms with Crippen LogP contribution in [-0.4, -0.2) is 47.6 Å². The van der Waals surface area contributed by atoms with Crippen LogP contribution < -0.4 is 5.32 Å². The third kappa shape index (κ3) is 3.18. The second kappa shape index (κ2) is 6.14. The summed E-state index contributed by atoms with van der Waals surface area (Å²) in [4.78, 5) is 12.5. The van der Waals surface area contributed by atoms with Crippen molar-refractivity contribution in [3.8, 4) is 0 Å². The van der Waals surface area contributed by atoms with Crippen molar-refractivity contribution in [3.05, 3.63) is 36.5 Å². The van der Waals surface area contributed by atoms with Crippen molar-refractivity contribution in [2.24, 2.45) is 0 Å². The number of aromatic nitrogens is 1. The first-order chi connectivity index (χ1) is 11.9. The average Bonchev–Trinajstić information content (AvgIpc) is 3.07. The maximum atomic E-state index is 12.5. The molecule has 2 atom stereocenters. The maximum absolute atomic E-state index is 12.5. The van der Waals surface area contributed by atoms with Crippen LogP contribution >= 0.6 is 0 Å². The molecule has 4 rings (SSSR count). The van der Waals surface area contributed by atoms with Gasteiger partial charge in [-0.1, -0.05) is 18.2 Å². The fraction of sp³-hybridized carbons (Fsp3) is 0.500. The lowest BCUT2D eigenvalue weighted by Crippen LogP contribution is -2.52. The molecule has 2 saturated heterocycles. The molecular weight excluding hydrogens is 338 g/mol. The summed E-state index contributed by atoms with van der Waals surface area (Å²) in [5.41, 5.74) is 1.05. The lowest BCUT2D eigenvalue weighted by molar-refractivity contribution is -0.122. The highest BCUT2D eigenvalue weighted by Crippen LogP contribution is 2.37. The number of hydrogen-bond donors (Lipinski definition) is 1. The van der Waals surface area contributed by atoms with Crippen molar-refractivity contribution < 1.29 is 13.2 Å². The van der Waals surface area contributed by atoms with Gasteiger partial charge in [0.25, 0.3) is 0 Å². The fourth-order valence-electron chi connectivity index (χ4n) is 4.50. The van der Waals surface area contributed by atoms with Gasteiger partial charge in [-0.3, -0.25) is 4.79 Å². The highest BCUT2D eigenvalue weighted by molar-refractivity contribution is 7.88. The number of carbonyl (C=O) groups is 1. The lowest BCUT2D eigenvalue weighted by Gasteiger charge is -2.37. The molecule has 1 aromatic carbocycles. The van der Waals surface area contributed by atoms with Crippen LogP contribution in [-0.2, 0) is 21.4 Å². The lowest BCUT2D eigenvalue weighted by atomic mass is 10.00. The summed E-state index contributed by atoms with van der Waals surface area (Å²) in [6.45, 7) is 0.287. The third-order valence-electron chi connectivity index (χ3n) is 5.41. The summed E-state index contributed by atoms with van der Waals surface area (Å²) < 4.78 is 27.5. The molecule has 0 radical (unpaired) electrons. The molecule has 1 aromatic heterocycles. The van der Waals surface area contributed by atoms with Crippen LogP contribution in [0.25, 0.3) is 10.9 Å². The number of nitrogens with zero attached hydrogens (tertiary/aromatic N) is 2. The molecule has 134 valence electrons. The Morgan fingerprint density at radius 2 is 1.84 bits per heavy atom. The predicted octanol–water partition coefficient (Wildman–Crippen LogP) is 1.71. The molecule has 2 aliphatic heterocycles. The Hall–Kier alpha value is -1.86. The third-order valence-corrected chi connectivity index (χ3v) is 6.77. The average molecular weight is 361 g/mol. The molecule has 3 heterocycles. The van der Waals surface area contributed by atoms with Gasteiger partial charge in [-0.15, -0.1) is 0 Å². The number of amides is 1. The zero-order valence-corrected chi connectivity index (χ0v) is 15.1. The van der Waals surface area contributed by atoms with E-state index in [2.05, 4.69) is 5.32 Å². The van der Waals surface area contributed by atoms with Gasteiger partial charge in [-0.05, 0) is 43.2 Å². The number of nitrogens with one attached hydrogen (secondary N) is 1. The molecule has 2 aromatic rings. The monoisotopic (exact) mass is 361 g/mol. The van der Waals surface area contributed by atoms with Gasteiger partial charge in [0.05, 0.1) is 6.26 Å². The number of carbonyl (C=O) groups excluding carboxylic acids is 1. The molecular formula is C18H23N3O3S. The van der Waals surface area contributed by atoms with E-state index in [0.29, 0.717) is 12.8 Å². The van der Waals surface area contributed by atoms with Crippen LogP contribution in [0.1, 0.15) is 25.7 Å². The minimum Gasteiger partial charge on any atom is -0.352 e. The van der Waals surface area contributed by atoms with Gasteiger partial charge >= 0.3 is 0 Å². The van der Waals surface area contributed by atoms with E-state index in [1.807, 2.05) is 41.1 Å². The number of rotatable bonds is 4. The van der Waals surface area contributed by atoms with E-state index in [9.17, 15) is 13.2 Å². The first-order valence-electron chi connectivity index (χ1n) is 8.73. The van der Waals surface area contributed by atoms with Gasteiger partial charge in [-0.2, -0.15) is 4.31 Å². The minimum atomic E-state index is -3.16. The topological polar surface area (TPSA) is 71.4 Å². The van der Waals surface area contributed by atoms with Crippen LogP contribution in [0.2, 0.25) is 0 Å². The molecule has 0 aliphatic carbocycles. The second-order valence-electron chi connectivity index (χ2n) is 7.22. The molecule has 1 amide bonds. The van der Waals surface area contributed by atoms with Gasteiger partial charge in [-0.25, -0.2) is 8.42 Å². The standard InChI is InChI=1S/C18H23N3O3S/c1-25(23,24)21-15-6-7-16(21)11-14(10-15)19-18(22)12-20-9-8-13-4-2-3-5-17(13)20/h2-5,8-9,14-16H,6-7,10-12H2,1H3,(H,19,22). The zero-order chi connectivity index (χ0) is 17.6. The Kier molecular flexibility index (Phi) is 4.08. The summed E-state index contributed by atoms with van der Waals surface area (Å²) in [7, 11) is -3.16. The summed E-state index contributed by atoms with van der Waals surface area (Å²) in [6.07, 6.45) is 6.43. The van der Waals surface area contributed by atoms with Gasteiger partial charge in [0.15, 0.2) is 0 Å². The van der Waals surface area contributed by atoms with Gasteiger partial charge in [0, 0.05) is 29.8 Å². The highest BCUT2D eigenvalue weighted by Gasteiger charge is 2.45. The van der Waals surface area contributed by atoms with Crippen LogP contribution in [0.4, 0.5) is 0 Å². The minimum absolute atomic E-state index is 0.0152. The molecule has 1 N–H and O–H groups in total. The smallest absolute Gasteiger partial charge is 0.240 e. The van der Waals surface area contributed by atoms with E-state index < -0.39 is 10.0 Å². The quantitative estimate of drug-likeness (QED) is 0.901. The van der Waals surface area contributed by atoms with Crippen LogP contribution in [0.5, 0.6) is 0 Å². The van der Waals surface area contributed by atoms with Crippen molar-refractivity contribution in [2.75, 3.05) is 6.26 Å². The Balaban J connectivity index is 1.41. The van der Waals surface area contributed by atoms with E-state index in [-0.39, 0.29) is 30.6 Å². The van der Waals surface area contributed by atoms with E-state index in [1.165, 1.54) is 6.26 Å². The molecule has 7 heteroatoms. The van der Waals surface area contributed by atoms with Crippen molar-refractivity contribution in [2.45, 2.75) is 50.4 Å². The van der Waals surface area contributed by atoms with Gasteiger partial charge in [0.1, 0.15) is 6.54 Å². The van der Waals surface area contributed by atoms with E-state index in [0.717, 1.165) is 23.7 Å². The van der Waals surface area contributed by atoms with Crippen LogP contribution in [0, 0.1) is 0 Å². The highest BCUT2D eigenvalue weighted by atomic mass is 32.2. The van der Waals surface area contributed by atoms with E-state index in [1.54, 1.807) is 4.31 Å². The number of fused-ring (bicyclic) bond motifs is 3.